The molecule has 0 heterocycles. The topological polar surface area (TPSA) is 0 Å². The largest absolute Gasteiger partial charge is 0.119 e. The Morgan fingerprint density at radius 3 is 2.38 bits per heavy atom. The highest BCUT2D eigenvalue weighted by Crippen LogP contribution is 2.47. The van der Waals surface area contributed by atoms with Crippen LogP contribution < -0.4 is 0 Å². The molecular formula is C23H32S. The van der Waals surface area contributed by atoms with Crippen molar-refractivity contribution >= 4 is 11.8 Å². The fraction of sp³-hybridized carbons (Fsp3) is 0.565. The lowest BCUT2D eigenvalue weighted by Crippen LogP contribution is -2.18. The van der Waals surface area contributed by atoms with Crippen molar-refractivity contribution in [2.45, 2.75) is 76.4 Å². The predicted octanol–water partition coefficient (Wildman–Crippen LogP) is 7.62. The van der Waals surface area contributed by atoms with Crippen LogP contribution in [-0.4, -0.2) is 0 Å². The van der Waals surface area contributed by atoms with E-state index in [1.165, 1.54) is 63.4 Å². The molecule has 1 aromatic carbocycles. The summed E-state index contributed by atoms with van der Waals surface area (Å²) in [5, 5.41) is 0. The molecule has 2 aliphatic rings. The van der Waals surface area contributed by atoms with Gasteiger partial charge in [0.1, 0.15) is 0 Å². The first kappa shape index (κ1) is 17.9. The number of rotatable bonds is 6. The van der Waals surface area contributed by atoms with Crippen molar-refractivity contribution in [3.63, 3.8) is 0 Å². The number of hydrogen-bond donors (Lipinski definition) is 0. The Balaban J connectivity index is 1.71. The maximum atomic E-state index is 2.47. The van der Waals surface area contributed by atoms with Crippen LogP contribution in [0.3, 0.4) is 0 Å². The summed E-state index contributed by atoms with van der Waals surface area (Å²) in [4.78, 5) is 1.58. The predicted molar refractivity (Wildman–Crippen MR) is 108 cm³/mol. The highest BCUT2D eigenvalue weighted by Gasteiger charge is 2.29. The summed E-state index contributed by atoms with van der Waals surface area (Å²) in [5.74, 6) is 0.887. The van der Waals surface area contributed by atoms with Gasteiger partial charge in [-0.3, -0.25) is 0 Å². The van der Waals surface area contributed by atoms with E-state index in [1.807, 2.05) is 0 Å². The van der Waals surface area contributed by atoms with E-state index in [4.69, 9.17) is 0 Å². The minimum Gasteiger partial charge on any atom is -0.119 e. The van der Waals surface area contributed by atoms with E-state index in [9.17, 15) is 0 Å². The number of thioether (sulfide) groups is 1. The molecule has 1 saturated carbocycles. The molecule has 2 aliphatic carbocycles. The van der Waals surface area contributed by atoms with E-state index >= 15 is 0 Å². The second-order valence-electron chi connectivity index (χ2n) is 7.66. The summed E-state index contributed by atoms with van der Waals surface area (Å²) in [6.45, 7) is 4.73. The van der Waals surface area contributed by atoms with Crippen molar-refractivity contribution in [2.75, 3.05) is 0 Å². The Morgan fingerprint density at radius 2 is 1.75 bits per heavy atom. The van der Waals surface area contributed by atoms with Gasteiger partial charge in [0, 0.05) is 4.75 Å². The van der Waals surface area contributed by atoms with Gasteiger partial charge in [-0.1, -0.05) is 80.7 Å². The van der Waals surface area contributed by atoms with Gasteiger partial charge in [0.2, 0.25) is 0 Å². The molecule has 0 N–H and O–H groups in total. The average Bonchev–Trinajstić information content (AvgIpc) is 2.64. The van der Waals surface area contributed by atoms with Crippen LogP contribution in [0.25, 0.3) is 0 Å². The van der Waals surface area contributed by atoms with Crippen molar-refractivity contribution in [2.24, 2.45) is 5.92 Å². The van der Waals surface area contributed by atoms with Gasteiger partial charge in [-0.05, 0) is 55.4 Å². The maximum absolute atomic E-state index is 2.47. The fourth-order valence-electron chi connectivity index (χ4n) is 4.34. The first-order chi connectivity index (χ1) is 11.7. The van der Waals surface area contributed by atoms with Gasteiger partial charge in [0.15, 0.2) is 0 Å². The molecule has 1 fully saturated rings. The minimum atomic E-state index is 0.206. The quantitative estimate of drug-likeness (QED) is 0.513. The van der Waals surface area contributed by atoms with Gasteiger partial charge in [-0.25, -0.2) is 0 Å². The maximum Gasteiger partial charge on any atom is 0.0424 e. The van der Waals surface area contributed by atoms with Gasteiger partial charge in [-0.2, -0.15) is 0 Å². The Hall–Kier alpha value is -0.950. The third-order valence-corrected chi connectivity index (χ3v) is 7.23. The summed E-state index contributed by atoms with van der Waals surface area (Å²) in [6.07, 6.45) is 17.1. The van der Waals surface area contributed by atoms with Crippen molar-refractivity contribution in [3.8, 4) is 0 Å². The summed E-state index contributed by atoms with van der Waals surface area (Å²) in [7, 11) is 0. The average molecular weight is 341 g/mol. The Bertz CT molecular complexity index is 577. The molecule has 0 aliphatic heterocycles. The number of benzene rings is 1. The number of hydrogen-bond acceptors (Lipinski definition) is 1. The second-order valence-corrected chi connectivity index (χ2v) is 9.29. The highest BCUT2D eigenvalue weighted by molar-refractivity contribution is 8.03. The summed E-state index contributed by atoms with van der Waals surface area (Å²) in [6, 6.07) is 11.1. The molecule has 1 atom stereocenters. The summed E-state index contributed by atoms with van der Waals surface area (Å²) in [5.41, 5.74) is 3.20. The van der Waals surface area contributed by atoms with Crippen LogP contribution in [0.5, 0.6) is 0 Å². The van der Waals surface area contributed by atoms with E-state index in [1.54, 1.807) is 10.5 Å². The third kappa shape index (κ3) is 4.36. The van der Waals surface area contributed by atoms with Crippen molar-refractivity contribution in [3.05, 3.63) is 58.5 Å². The molecule has 0 nitrogen and oxygen atoms in total. The first-order valence-corrected chi connectivity index (χ1v) is 10.7. The Labute approximate surface area is 152 Å². The standard InChI is InChI=1S/C23H32S/c1-3-18-23(2,21-12-8-5-9-13-21)24-22-16-14-20(15-17-22)19-10-6-4-7-11-19/h5,8-9,12-14,16,19H,3-4,6-7,10-11,15,17-18H2,1-2H3. The van der Waals surface area contributed by atoms with E-state index in [0.29, 0.717) is 0 Å². The zero-order valence-corrected chi connectivity index (χ0v) is 16.2. The number of allylic oxidation sites excluding steroid dienone is 4. The van der Waals surface area contributed by atoms with Crippen LogP contribution in [-0.2, 0) is 4.75 Å². The van der Waals surface area contributed by atoms with E-state index in [0.717, 1.165) is 5.92 Å². The molecule has 1 heteroatoms. The minimum absolute atomic E-state index is 0.206. The molecule has 24 heavy (non-hydrogen) atoms. The van der Waals surface area contributed by atoms with Crippen LogP contribution >= 0.6 is 11.8 Å². The zero-order valence-electron chi connectivity index (χ0n) is 15.4. The molecule has 0 bridgehead atoms. The molecular weight excluding hydrogens is 308 g/mol. The molecule has 130 valence electrons. The highest BCUT2D eigenvalue weighted by atomic mass is 32.2. The SMILES string of the molecule is CCCC(C)(SC1=CC=C(C2CCCCC2)CC1)c1ccccc1. The van der Waals surface area contributed by atoms with Crippen molar-refractivity contribution in [1.29, 1.82) is 0 Å². The van der Waals surface area contributed by atoms with Gasteiger partial charge in [0.25, 0.3) is 0 Å². The van der Waals surface area contributed by atoms with Crippen LogP contribution in [0.4, 0.5) is 0 Å². The fourth-order valence-corrected chi connectivity index (χ4v) is 5.82. The second kappa shape index (κ2) is 8.43. The van der Waals surface area contributed by atoms with Gasteiger partial charge < -0.3 is 0 Å². The Morgan fingerprint density at radius 1 is 1.00 bits per heavy atom. The lowest BCUT2D eigenvalue weighted by Gasteiger charge is -2.32. The molecule has 0 amide bonds. The monoisotopic (exact) mass is 340 g/mol. The normalized spacial score (nSPS) is 21.8. The molecule has 0 spiro atoms. The first-order valence-electron chi connectivity index (χ1n) is 9.85. The zero-order chi connectivity index (χ0) is 16.8. The van der Waals surface area contributed by atoms with Crippen LogP contribution in [0, 0.1) is 5.92 Å². The molecule has 1 aromatic rings. The molecule has 1 unspecified atom stereocenters. The molecule has 0 aromatic heterocycles. The summed E-state index contributed by atoms with van der Waals surface area (Å²) < 4.78 is 0.206. The smallest absolute Gasteiger partial charge is 0.0424 e. The molecule has 0 saturated heterocycles. The lowest BCUT2D eigenvalue weighted by atomic mass is 9.81. The molecule has 0 radical (unpaired) electrons. The van der Waals surface area contributed by atoms with Crippen LogP contribution in [0.2, 0.25) is 0 Å². The van der Waals surface area contributed by atoms with E-state index < -0.39 is 0 Å². The Kier molecular flexibility index (Phi) is 6.27. The van der Waals surface area contributed by atoms with Gasteiger partial charge in [0.05, 0.1) is 0 Å². The molecule has 3 rings (SSSR count). The van der Waals surface area contributed by atoms with E-state index in [2.05, 4.69) is 68.1 Å². The summed E-state index contributed by atoms with van der Waals surface area (Å²) >= 11 is 2.11. The van der Waals surface area contributed by atoms with Crippen molar-refractivity contribution in [1.82, 2.24) is 0 Å². The van der Waals surface area contributed by atoms with Crippen LogP contribution in [0.1, 0.15) is 77.2 Å². The third-order valence-electron chi connectivity index (χ3n) is 5.74. The van der Waals surface area contributed by atoms with E-state index in [-0.39, 0.29) is 4.75 Å². The lowest BCUT2D eigenvalue weighted by molar-refractivity contribution is 0.394. The van der Waals surface area contributed by atoms with Gasteiger partial charge >= 0.3 is 0 Å². The van der Waals surface area contributed by atoms with Crippen molar-refractivity contribution < 1.29 is 0 Å². The van der Waals surface area contributed by atoms with Crippen LogP contribution in [0.15, 0.2) is 53.0 Å². The van der Waals surface area contributed by atoms with Gasteiger partial charge in [-0.15, -0.1) is 11.8 Å².